The molecular formula is C14H24BrN3O. The van der Waals surface area contributed by atoms with Crippen molar-refractivity contribution in [3.63, 3.8) is 0 Å². The van der Waals surface area contributed by atoms with E-state index in [1.165, 1.54) is 0 Å². The van der Waals surface area contributed by atoms with Gasteiger partial charge in [0, 0.05) is 13.2 Å². The van der Waals surface area contributed by atoms with Crippen molar-refractivity contribution < 1.29 is 4.74 Å². The van der Waals surface area contributed by atoms with Crippen LogP contribution in [0.5, 0.6) is 0 Å². The summed E-state index contributed by atoms with van der Waals surface area (Å²) in [5, 5.41) is 3.34. The second kappa shape index (κ2) is 7.80. The maximum absolute atomic E-state index is 5.59. The van der Waals surface area contributed by atoms with Crippen molar-refractivity contribution in [2.75, 3.05) is 18.5 Å². The summed E-state index contributed by atoms with van der Waals surface area (Å²) in [6.07, 6.45) is 0.974. The third kappa shape index (κ3) is 4.42. The van der Waals surface area contributed by atoms with Crippen molar-refractivity contribution in [3.8, 4) is 0 Å². The first-order chi connectivity index (χ1) is 9.01. The molecule has 108 valence electrons. The quantitative estimate of drug-likeness (QED) is 0.810. The highest BCUT2D eigenvalue weighted by Gasteiger charge is 2.18. The van der Waals surface area contributed by atoms with Gasteiger partial charge in [-0.1, -0.05) is 20.8 Å². The number of hydrogen-bond donors (Lipinski definition) is 1. The molecule has 0 aliphatic carbocycles. The van der Waals surface area contributed by atoms with Gasteiger partial charge in [-0.25, -0.2) is 9.97 Å². The zero-order valence-electron chi connectivity index (χ0n) is 12.5. The molecule has 0 aliphatic rings. The molecule has 0 aliphatic heterocycles. The van der Waals surface area contributed by atoms with Gasteiger partial charge in [0.15, 0.2) is 5.82 Å². The van der Waals surface area contributed by atoms with Gasteiger partial charge in [-0.3, -0.25) is 0 Å². The van der Waals surface area contributed by atoms with Crippen LogP contribution in [0, 0.1) is 0 Å². The van der Waals surface area contributed by atoms with E-state index in [2.05, 4.69) is 52.0 Å². The molecule has 1 rings (SSSR count). The van der Waals surface area contributed by atoms with Crippen LogP contribution < -0.4 is 5.32 Å². The van der Waals surface area contributed by atoms with E-state index in [0.29, 0.717) is 12.5 Å². The van der Waals surface area contributed by atoms with Gasteiger partial charge in [0.25, 0.3) is 0 Å². The van der Waals surface area contributed by atoms with E-state index in [1.807, 2.05) is 13.8 Å². The molecule has 5 heteroatoms. The number of hydrogen-bond acceptors (Lipinski definition) is 4. The number of rotatable bonds is 7. The van der Waals surface area contributed by atoms with Crippen LogP contribution in [0.1, 0.15) is 64.6 Å². The van der Waals surface area contributed by atoms with Crippen molar-refractivity contribution in [1.29, 1.82) is 0 Å². The Morgan fingerprint density at radius 3 is 2.42 bits per heavy atom. The molecule has 0 spiro atoms. The summed E-state index contributed by atoms with van der Waals surface area (Å²) in [7, 11) is 0. The number of nitrogens with zero attached hydrogens (tertiary/aromatic N) is 2. The Bertz CT molecular complexity index is 410. The Balaban J connectivity index is 3.14. The van der Waals surface area contributed by atoms with E-state index in [0.717, 1.165) is 34.8 Å². The molecule has 19 heavy (non-hydrogen) atoms. The maximum atomic E-state index is 5.59. The van der Waals surface area contributed by atoms with Gasteiger partial charge in [-0.05, 0) is 42.1 Å². The summed E-state index contributed by atoms with van der Waals surface area (Å²) in [4.78, 5) is 9.21. The number of halogens is 1. The van der Waals surface area contributed by atoms with Gasteiger partial charge < -0.3 is 10.1 Å². The Labute approximate surface area is 124 Å². The van der Waals surface area contributed by atoms with E-state index in [4.69, 9.17) is 4.74 Å². The number of anilines is 1. The Morgan fingerprint density at radius 1 is 1.21 bits per heavy atom. The molecule has 0 fully saturated rings. The first-order valence-corrected chi connectivity index (χ1v) is 7.73. The lowest BCUT2D eigenvalue weighted by Gasteiger charge is -2.17. The minimum atomic E-state index is -0.0854. The van der Waals surface area contributed by atoms with E-state index >= 15 is 0 Å². The predicted molar refractivity (Wildman–Crippen MR) is 82.6 cm³/mol. The molecule has 1 unspecified atom stereocenters. The topological polar surface area (TPSA) is 47.0 Å². The normalized spacial score (nSPS) is 12.8. The molecular weight excluding hydrogens is 306 g/mol. The van der Waals surface area contributed by atoms with Gasteiger partial charge in [-0.15, -0.1) is 0 Å². The molecule has 1 atom stereocenters. The van der Waals surface area contributed by atoms with E-state index in [-0.39, 0.29) is 6.10 Å². The molecule has 4 nitrogen and oxygen atoms in total. The van der Waals surface area contributed by atoms with Crippen molar-refractivity contribution in [2.45, 2.75) is 53.1 Å². The number of aromatic nitrogens is 2. The molecule has 0 saturated carbocycles. The molecule has 0 amide bonds. The second-order valence-corrected chi connectivity index (χ2v) is 5.60. The summed E-state index contributed by atoms with van der Waals surface area (Å²) < 4.78 is 6.56. The zero-order chi connectivity index (χ0) is 14.4. The first-order valence-electron chi connectivity index (χ1n) is 6.93. The van der Waals surface area contributed by atoms with Gasteiger partial charge in [0.05, 0.1) is 10.2 Å². The molecule has 1 aromatic heterocycles. The van der Waals surface area contributed by atoms with Gasteiger partial charge >= 0.3 is 0 Å². The summed E-state index contributed by atoms with van der Waals surface area (Å²) in [6.45, 7) is 11.9. The summed E-state index contributed by atoms with van der Waals surface area (Å²) in [5.41, 5.74) is 1.02. The van der Waals surface area contributed by atoms with Crippen LogP contribution in [0.4, 0.5) is 5.82 Å². The van der Waals surface area contributed by atoms with Crippen LogP contribution in [0.25, 0.3) is 0 Å². The Morgan fingerprint density at radius 2 is 1.89 bits per heavy atom. The Kier molecular flexibility index (Phi) is 6.72. The van der Waals surface area contributed by atoms with E-state index < -0.39 is 0 Å². The fourth-order valence-corrected chi connectivity index (χ4v) is 2.51. The standard InChI is InChI=1S/C14H24BrN3O/c1-6-8-16-14-11(15)12(9(3)4)17-13(18-14)10(5)19-7-2/h9-10H,6-8H2,1-5H3,(H,16,17,18). The molecule has 0 radical (unpaired) electrons. The SMILES string of the molecule is CCCNc1nc(C(C)OCC)nc(C(C)C)c1Br. The van der Waals surface area contributed by atoms with Gasteiger partial charge in [0.1, 0.15) is 11.9 Å². The zero-order valence-corrected chi connectivity index (χ0v) is 14.0. The smallest absolute Gasteiger partial charge is 0.159 e. The molecule has 1 heterocycles. The van der Waals surface area contributed by atoms with Crippen molar-refractivity contribution in [3.05, 3.63) is 16.0 Å². The third-order valence-corrected chi connectivity index (χ3v) is 3.55. The fourth-order valence-electron chi connectivity index (χ4n) is 1.73. The number of ether oxygens (including phenoxy) is 1. The van der Waals surface area contributed by atoms with Crippen LogP contribution in [0.2, 0.25) is 0 Å². The largest absolute Gasteiger partial charge is 0.371 e. The highest BCUT2D eigenvalue weighted by molar-refractivity contribution is 9.10. The minimum Gasteiger partial charge on any atom is -0.371 e. The molecule has 0 aromatic carbocycles. The van der Waals surface area contributed by atoms with Gasteiger partial charge in [-0.2, -0.15) is 0 Å². The third-order valence-electron chi connectivity index (χ3n) is 2.76. The van der Waals surface area contributed by atoms with Gasteiger partial charge in [0.2, 0.25) is 0 Å². The van der Waals surface area contributed by atoms with E-state index in [9.17, 15) is 0 Å². The summed E-state index contributed by atoms with van der Waals surface area (Å²) >= 11 is 3.61. The highest BCUT2D eigenvalue weighted by Crippen LogP contribution is 2.30. The molecule has 1 aromatic rings. The van der Waals surface area contributed by atoms with Crippen molar-refractivity contribution >= 4 is 21.7 Å². The average molecular weight is 330 g/mol. The predicted octanol–water partition coefficient (Wildman–Crippen LogP) is 4.28. The molecule has 0 bridgehead atoms. The fraction of sp³-hybridized carbons (Fsp3) is 0.714. The molecule has 0 saturated heterocycles. The van der Waals surface area contributed by atoms with Crippen molar-refractivity contribution in [2.24, 2.45) is 0 Å². The summed E-state index contributed by atoms with van der Waals surface area (Å²) in [5.74, 6) is 1.95. The lowest BCUT2D eigenvalue weighted by molar-refractivity contribution is 0.0699. The average Bonchev–Trinajstić information content (AvgIpc) is 2.37. The van der Waals surface area contributed by atoms with Crippen LogP contribution in [0.15, 0.2) is 4.47 Å². The van der Waals surface area contributed by atoms with Crippen LogP contribution in [0.3, 0.4) is 0 Å². The van der Waals surface area contributed by atoms with Crippen LogP contribution >= 0.6 is 15.9 Å². The van der Waals surface area contributed by atoms with Crippen molar-refractivity contribution in [1.82, 2.24) is 9.97 Å². The second-order valence-electron chi connectivity index (χ2n) is 4.81. The lowest BCUT2D eigenvalue weighted by Crippen LogP contribution is -2.13. The van der Waals surface area contributed by atoms with E-state index in [1.54, 1.807) is 0 Å². The maximum Gasteiger partial charge on any atom is 0.159 e. The minimum absolute atomic E-state index is 0.0854. The molecule has 1 N–H and O–H groups in total. The monoisotopic (exact) mass is 329 g/mol. The number of nitrogens with one attached hydrogen (secondary N) is 1. The highest BCUT2D eigenvalue weighted by atomic mass is 79.9. The lowest BCUT2D eigenvalue weighted by atomic mass is 10.1. The Hall–Kier alpha value is -0.680. The van der Waals surface area contributed by atoms with Crippen LogP contribution in [-0.2, 0) is 4.74 Å². The van der Waals surface area contributed by atoms with Crippen LogP contribution in [-0.4, -0.2) is 23.1 Å². The first kappa shape index (κ1) is 16.4. The summed E-state index contributed by atoms with van der Waals surface area (Å²) in [6, 6.07) is 0.